The van der Waals surface area contributed by atoms with Gasteiger partial charge < -0.3 is 9.80 Å². The fourth-order valence-electron chi connectivity index (χ4n) is 5.43. The first-order valence-corrected chi connectivity index (χ1v) is 14.1. The molecule has 1 amide bonds. The second kappa shape index (κ2) is 11.6. The van der Waals surface area contributed by atoms with Gasteiger partial charge in [-0.2, -0.15) is 5.10 Å². The molecule has 0 unspecified atom stereocenters. The molecule has 1 aliphatic heterocycles. The van der Waals surface area contributed by atoms with E-state index in [0.717, 1.165) is 22.5 Å². The lowest BCUT2D eigenvalue weighted by Gasteiger charge is -2.24. The molecular weight excluding hydrogens is 549 g/mol. The molecule has 0 spiro atoms. The third kappa shape index (κ3) is 5.78. The summed E-state index contributed by atoms with van der Waals surface area (Å²) in [5.74, 6) is 0.797. The number of fused-ring (bicyclic) bond motifs is 1. The minimum Gasteiger partial charge on any atom is -0.354 e. The van der Waals surface area contributed by atoms with Gasteiger partial charge in [0.2, 0.25) is 0 Å². The molecule has 3 heterocycles. The van der Waals surface area contributed by atoms with Gasteiger partial charge >= 0.3 is 0 Å². The summed E-state index contributed by atoms with van der Waals surface area (Å²) in [6.07, 6.45) is 1.20. The minimum absolute atomic E-state index is 0.111. The summed E-state index contributed by atoms with van der Waals surface area (Å²) >= 11 is 0. The van der Waals surface area contributed by atoms with Crippen molar-refractivity contribution in [1.29, 1.82) is 0 Å². The number of carbonyl (C=O) groups is 1. The maximum atomic E-state index is 13.7. The van der Waals surface area contributed by atoms with Gasteiger partial charge in [-0.15, -0.1) is 0 Å². The van der Waals surface area contributed by atoms with Crippen LogP contribution in [0.5, 0.6) is 0 Å². The van der Waals surface area contributed by atoms with Crippen molar-refractivity contribution in [3.05, 3.63) is 117 Å². The fraction of sp³-hybridized carbons (Fsp3) is 0.250. The zero-order chi connectivity index (χ0) is 30.1. The van der Waals surface area contributed by atoms with E-state index in [1.807, 2.05) is 13.8 Å². The molecule has 2 aromatic heterocycles. The van der Waals surface area contributed by atoms with E-state index in [9.17, 15) is 19.3 Å². The molecular formula is C32H30FN7O3. The number of anilines is 1. The Morgan fingerprint density at radius 3 is 2.47 bits per heavy atom. The molecule has 0 radical (unpaired) electrons. The zero-order valence-corrected chi connectivity index (χ0v) is 23.9. The molecule has 0 aliphatic carbocycles. The normalized spacial score (nSPS) is 13.7. The SMILES string of the molecule is Cc1ccc(Cc2nc(N3CCCN(C(=O)c4cccc([N+](=O)[O-])c4)CC3)c3c(C)nn(-c4ccc(F)cc4)c3n2)cc1. The van der Waals surface area contributed by atoms with E-state index in [1.54, 1.807) is 27.8 Å². The van der Waals surface area contributed by atoms with E-state index < -0.39 is 4.92 Å². The highest BCUT2D eigenvalue weighted by Gasteiger charge is 2.26. The predicted octanol–water partition coefficient (Wildman–Crippen LogP) is 5.42. The molecule has 0 atom stereocenters. The number of carbonyl (C=O) groups excluding carboxylic acids is 1. The second-order valence-electron chi connectivity index (χ2n) is 10.7. The number of halogens is 1. The van der Waals surface area contributed by atoms with Crippen molar-refractivity contribution < 1.29 is 14.1 Å². The quantitative estimate of drug-likeness (QED) is 0.195. The Kier molecular flexibility index (Phi) is 7.54. The predicted molar refractivity (Wildman–Crippen MR) is 161 cm³/mol. The summed E-state index contributed by atoms with van der Waals surface area (Å²) in [7, 11) is 0. The molecule has 0 N–H and O–H groups in total. The number of non-ortho nitro benzene ring substituents is 1. The third-order valence-corrected chi connectivity index (χ3v) is 7.67. The third-order valence-electron chi connectivity index (χ3n) is 7.67. The number of rotatable bonds is 6. The van der Waals surface area contributed by atoms with Crippen LogP contribution in [0.15, 0.2) is 72.8 Å². The standard InChI is InChI=1S/C32H30FN7O3/c1-21-7-9-23(10-8-21)19-28-34-30(29-22(2)36-39(31(29)35-28)26-13-11-25(33)12-14-26)37-15-4-16-38(18-17-37)32(41)24-5-3-6-27(20-24)40(42)43/h3,5-14,20H,4,15-19H2,1-2H3. The van der Waals surface area contributed by atoms with Gasteiger partial charge in [-0.05, 0) is 56.2 Å². The molecule has 0 bridgehead atoms. The van der Waals surface area contributed by atoms with Crippen molar-refractivity contribution >= 4 is 28.4 Å². The van der Waals surface area contributed by atoms with Gasteiger partial charge in [0.1, 0.15) is 17.5 Å². The van der Waals surface area contributed by atoms with E-state index in [1.165, 1.54) is 35.9 Å². The molecule has 0 saturated carbocycles. The summed E-state index contributed by atoms with van der Waals surface area (Å²) < 4.78 is 15.5. The summed E-state index contributed by atoms with van der Waals surface area (Å²) in [5, 5.41) is 16.8. The first kappa shape index (κ1) is 28.0. The van der Waals surface area contributed by atoms with Gasteiger partial charge in [0, 0.05) is 50.3 Å². The molecule has 6 rings (SSSR count). The van der Waals surface area contributed by atoms with Gasteiger partial charge in [-0.25, -0.2) is 19.0 Å². The van der Waals surface area contributed by atoms with Crippen molar-refractivity contribution in [2.24, 2.45) is 0 Å². The summed E-state index contributed by atoms with van der Waals surface area (Å²) in [6.45, 7) is 6.04. The smallest absolute Gasteiger partial charge is 0.270 e. The van der Waals surface area contributed by atoms with Crippen LogP contribution in [0.1, 0.15) is 39.4 Å². The van der Waals surface area contributed by atoms with Gasteiger partial charge in [-0.1, -0.05) is 35.9 Å². The lowest BCUT2D eigenvalue weighted by Crippen LogP contribution is -2.35. The van der Waals surface area contributed by atoms with Crippen molar-refractivity contribution in [3.63, 3.8) is 0 Å². The van der Waals surface area contributed by atoms with Crippen LogP contribution in [0.3, 0.4) is 0 Å². The number of nitro groups is 1. The van der Waals surface area contributed by atoms with E-state index >= 15 is 0 Å². The average Bonchev–Trinajstić information content (AvgIpc) is 3.16. The maximum absolute atomic E-state index is 13.7. The Morgan fingerprint density at radius 2 is 1.72 bits per heavy atom. The Bertz CT molecular complexity index is 1820. The second-order valence-corrected chi connectivity index (χ2v) is 10.7. The molecule has 43 heavy (non-hydrogen) atoms. The molecule has 1 saturated heterocycles. The number of nitrogens with zero attached hydrogens (tertiary/aromatic N) is 7. The molecule has 1 aliphatic rings. The molecule has 1 fully saturated rings. The van der Waals surface area contributed by atoms with E-state index in [4.69, 9.17) is 15.1 Å². The van der Waals surface area contributed by atoms with E-state index in [0.29, 0.717) is 61.7 Å². The van der Waals surface area contributed by atoms with Crippen molar-refractivity contribution in [1.82, 2.24) is 24.6 Å². The van der Waals surface area contributed by atoms with Crippen LogP contribution in [0.2, 0.25) is 0 Å². The summed E-state index contributed by atoms with van der Waals surface area (Å²) in [4.78, 5) is 38.0. The highest BCUT2D eigenvalue weighted by Crippen LogP contribution is 2.30. The average molecular weight is 580 g/mol. The number of hydrogen-bond donors (Lipinski definition) is 0. The highest BCUT2D eigenvalue weighted by molar-refractivity contribution is 5.95. The summed E-state index contributed by atoms with van der Waals surface area (Å²) in [6, 6.07) is 20.2. The van der Waals surface area contributed by atoms with Gasteiger partial charge in [0.25, 0.3) is 11.6 Å². The van der Waals surface area contributed by atoms with Crippen LogP contribution in [-0.2, 0) is 6.42 Å². The number of hydrogen-bond acceptors (Lipinski definition) is 7. The molecule has 10 nitrogen and oxygen atoms in total. The topological polar surface area (TPSA) is 110 Å². The maximum Gasteiger partial charge on any atom is 0.270 e. The lowest BCUT2D eigenvalue weighted by atomic mass is 10.1. The van der Waals surface area contributed by atoms with Crippen LogP contribution in [0, 0.1) is 29.8 Å². The highest BCUT2D eigenvalue weighted by atomic mass is 19.1. The van der Waals surface area contributed by atoms with E-state index in [-0.39, 0.29) is 17.4 Å². The lowest BCUT2D eigenvalue weighted by molar-refractivity contribution is -0.384. The Balaban J connectivity index is 1.36. The first-order valence-electron chi connectivity index (χ1n) is 14.1. The monoisotopic (exact) mass is 579 g/mol. The van der Waals surface area contributed by atoms with E-state index in [2.05, 4.69) is 29.2 Å². The van der Waals surface area contributed by atoms with Gasteiger partial charge in [-0.3, -0.25) is 14.9 Å². The van der Waals surface area contributed by atoms with Crippen molar-refractivity contribution in [2.75, 3.05) is 31.1 Å². The number of aromatic nitrogens is 4. The number of aryl methyl sites for hydroxylation is 2. The van der Waals surface area contributed by atoms with Crippen LogP contribution >= 0.6 is 0 Å². The van der Waals surface area contributed by atoms with Gasteiger partial charge in [0.05, 0.1) is 21.7 Å². The van der Waals surface area contributed by atoms with Crippen LogP contribution in [0.25, 0.3) is 16.7 Å². The van der Waals surface area contributed by atoms with Crippen LogP contribution in [-0.4, -0.2) is 61.7 Å². The van der Waals surface area contributed by atoms with Crippen LogP contribution < -0.4 is 4.90 Å². The molecule has 218 valence electrons. The molecule has 5 aromatic rings. The molecule has 3 aromatic carbocycles. The zero-order valence-electron chi connectivity index (χ0n) is 23.9. The number of amides is 1. The van der Waals surface area contributed by atoms with Crippen molar-refractivity contribution in [2.45, 2.75) is 26.7 Å². The minimum atomic E-state index is -0.496. The Labute approximate surface area is 247 Å². The Morgan fingerprint density at radius 1 is 0.953 bits per heavy atom. The van der Waals surface area contributed by atoms with Crippen molar-refractivity contribution in [3.8, 4) is 5.69 Å². The number of benzene rings is 3. The Hall–Kier alpha value is -5.19. The first-order chi connectivity index (χ1) is 20.8. The van der Waals surface area contributed by atoms with Gasteiger partial charge in [0.15, 0.2) is 5.65 Å². The fourth-order valence-corrected chi connectivity index (χ4v) is 5.43. The summed E-state index contributed by atoms with van der Waals surface area (Å²) in [5.41, 5.74) is 4.49. The number of nitro benzene ring substituents is 1. The van der Waals surface area contributed by atoms with Crippen LogP contribution in [0.4, 0.5) is 15.9 Å². The largest absolute Gasteiger partial charge is 0.354 e. The molecule has 11 heteroatoms.